The van der Waals surface area contributed by atoms with Gasteiger partial charge < -0.3 is 25.1 Å². The van der Waals surface area contributed by atoms with E-state index in [-0.39, 0.29) is 17.6 Å². The largest absolute Gasteiger partial charge is 0.383 e. The van der Waals surface area contributed by atoms with E-state index >= 15 is 0 Å². The molecule has 7 heteroatoms. The van der Waals surface area contributed by atoms with E-state index in [0.717, 1.165) is 6.42 Å². The molecule has 2 rings (SSSR count). The first kappa shape index (κ1) is 15.7. The van der Waals surface area contributed by atoms with E-state index in [1.807, 2.05) is 0 Å². The molecule has 1 saturated heterocycles. The van der Waals surface area contributed by atoms with E-state index in [4.69, 9.17) is 15.2 Å². The topological polar surface area (TPSA) is 95.6 Å². The van der Waals surface area contributed by atoms with Gasteiger partial charge in [-0.25, -0.2) is 0 Å². The van der Waals surface area contributed by atoms with Crippen molar-refractivity contribution in [2.45, 2.75) is 31.6 Å². The Hall–Kier alpha value is -1.70. The van der Waals surface area contributed by atoms with Crippen LogP contribution in [0.25, 0.3) is 0 Å². The fourth-order valence-electron chi connectivity index (χ4n) is 2.26. The van der Waals surface area contributed by atoms with Crippen molar-refractivity contribution in [1.29, 1.82) is 0 Å². The smallest absolute Gasteiger partial charge is 0.253 e. The first-order valence-corrected chi connectivity index (χ1v) is 7.00. The summed E-state index contributed by atoms with van der Waals surface area (Å²) in [5.74, 6) is -0.206. The molecule has 21 heavy (non-hydrogen) atoms. The number of aromatic nitrogens is 1. The van der Waals surface area contributed by atoms with Gasteiger partial charge in [-0.1, -0.05) is 0 Å². The number of nitrogens with one attached hydrogen (secondary N) is 1. The molecule has 1 aromatic heterocycles. The Bertz CT molecular complexity index is 543. The number of ether oxygens (including phenoxy) is 2. The van der Waals surface area contributed by atoms with Crippen LogP contribution in [0.1, 0.15) is 12.8 Å². The molecular formula is C14H21N3O4. The third kappa shape index (κ3) is 4.13. The normalized spacial score (nSPS) is 21.4. The van der Waals surface area contributed by atoms with Crippen molar-refractivity contribution in [3.05, 3.63) is 28.7 Å². The summed E-state index contributed by atoms with van der Waals surface area (Å²) in [5.41, 5.74) is 5.96. The van der Waals surface area contributed by atoms with Gasteiger partial charge >= 0.3 is 0 Å². The van der Waals surface area contributed by atoms with E-state index in [9.17, 15) is 9.59 Å². The minimum Gasteiger partial charge on any atom is -0.383 e. The monoisotopic (exact) mass is 295 g/mol. The summed E-state index contributed by atoms with van der Waals surface area (Å²) in [7, 11) is 1.57. The second-order valence-corrected chi connectivity index (χ2v) is 4.99. The van der Waals surface area contributed by atoms with Gasteiger partial charge in [0.15, 0.2) is 0 Å². The highest BCUT2D eigenvalue weighted by Crippen LogP contribution is 2.20. The molecule has 0 aliphatic carbocycles. The quantitative estimate of drug-likeness (QED) is 0.766. The summed E-state index contributed by atoms with van der Waals surface area (Å²) < 4.78 is 12.0. The molecule has 1 aliphatic heterocycles. The number of carbonyl (C=O) groups excluding carboxylic acids is 1. The van der Waals surface area contributed by atoms with E-state index in [0.29, 0.717) is 31.8 Å². The van der Waals surface area contributed by atoms with Gasteiger partial charge in [0.05, 0.1) is 18.4 Å². The van der Waals surface area contributed by atoms with Crippen LogP contribution in [-0.2, 0) is 20.8 Å². The van der Waals surface area contributed by atoms with Gasteiger partial charge in [-0.3, -0.25) is 9.59 Å². The second kappa shape index (κ2) is 7.35. The van der Waals surface area contributed by atoms with Crippen LogP contribution in [0.15, 0.2) is 23.1 Å². The first-order valence-electron chi connectivity index (χ1n) is 7.00. The van der Waals surface area contributed by atoms with Gasteiger partial charge in [0.1, 0.15) is 6.10 Å². The predicted molar refractivity (Wildman–Crippen MR) is 78.2 cm³/mol. The lowest BCUT2D eigenvalue weighted by atomic mass is 10.2. The van der Waals surface area contributed by atoms with Crippen molar-refractivity contribution in [3.8, 4) is 0 Å². The molecular weight excluding hydrogens is 274 g/mol. The summed E-state index contributed by atoms with van der Waals surface area (Å²) in [6.45, 7) is 1.29. The highest BCUT2D eigenvalue weighted by atomic mass is 16.5. The number of nitrogens with two attached hydrogens (primary N) is 1. The number of methoxy groups -OCH3 is 1. The van der Waals surface area contributed by atoms with Crippen molar-refractivity contribution in [2.75, 3.05) is 25.6 Å². The number of carbonyl (C=O) groups is 1. The minimum absolute atomic E-state index is 0.0450. The number of nitrogens with zero attached hydrogens (tertiary/aromatic N) is 1. The third-order valence-electron chi connectivity index (χ3n) is 3.45. The van der Waals surface area contributed by atoms with E-state index in [1.54, 1.807) is 19.4 Å². The molecule has 1 aliphatic rings. The lowest BCUT2D eigenvalue weighted by molar-refractivity contribution is -0.126. The fourth-order valence-corrected chi connectivity index (χ4v) is 2.26. The maximum absolute atomic E-state index is 12.1. The zero-order valence-electron chi connectivity index (χ0n) is 12.1. The highest BCUT2D eigenvalue weighted by Gasteiger charge is 2.29. The molecule has 0 saturated carbocycles. The van der Waals surface area contributed by atoms with Gasteiger partial charge in [-0.15, -0.1) is 0 Å². The molecule has 1 amide bonds. The average molecular weight is 295 g/mol. The van der Waals surface area contributed by atoms with Crippen LogP contribution >= 0.6 is 0 Å². The van der Waals surface area contributed by atoms with Crippen LogP contribution in [0.4, 0.5) is 5.69 Å². The number of pyridine rings is 1. The van der Waals surface area contributed by atoms with E-state index in [1.165, 1.54) is 10.6 Å². The Kier molecular flexibility index (Phi) is 5.49. The summed E-state index contributed by atoms with van der Waals surface area (Å²) in [6, 6.07) is 3.00. The first-order chi connectivity index (χ1) is 10.1. The number of rotatable bonds is 6. The molecule has 0 spiro atoms. The molecule has 2 atom stereocenters. The van der Waals surface area contributed by atoms with Crippen molar-refractivity contribution >= 4 is 11.6 Å². The number of anilines is 1. The lowest BCUT2D eigenvalue weighted by Gasteiger charge is -2.13. The van der Waals surface area contributed by atoms with Gasteiger partial charge in [-0.2, -0.15) is 0 Å². The molecule has 7 nitrogen and oxygen atoms in total. The molecule has 0 radical (unpaired) electrons. The Morgan fingerprint density at radius 2 is 2.33 bits per heavy atom. The van der Waals surface area contributed by atoms with Gasteiger partial charge in [0.25, 0.3) is 11.5 Å². The fraction of sp³-hybridized carbons (Fsp3) is 0.571. The standard InChI is InChI=1S/C14H21N3O4/c1-20-7-6-17-9-10(2-5-13(17)18)16-14(19)12-4-3-11(8-15)21-12/h2,5,9,11-12H,3-4,6-8,15H2,1H3,(H,16,19). The summed E-state index contributed by atoms with van der Waals surface area (Å²) in [5, 5.41) is 2.77. The van der Waals surface area contributed by atoms with Crippen molar-refractivity contribution < 1.29 is 14.3 Å². The van der Waals surface area contributed by atoms with Crippen LogP contribution in [0, 0.1) is 0 Å². The Balaban J connectivity index is 1.99. The van der Waals surface area contributed by atoms with E-state index in [2.05, 4.69) is 5.32 Å². The van der Waals surface area contributed by atoms with Gasteiger partial charge in [0.2, 0.25) is 0 Å². The highest BCUT2D eigenvalue weighted by molar-refractivity contribution is 5.94. The van der Waals surface area contributed by atoms with Crippen LogP contribution in [-0.4, -0.2) is 42.9 Å². The van der Waals surface area contributed by atoms with Gasteiger partial charge in [-0.05, 0) is 18.9 Å². The second-order valence-electron chi connectivity index (χ2n) is 4.99. The minimum atomic E-state index is -0.474. The zero-order chi connectivity index (χ0) is 15.2. The maximum Gasteiger partial charge on any atom is 0.253 e. The zero-order valence-corrected chi connectivity index (χ0v) is 12.1. The molecule has 0 bridgehead atoms. The molecule has 1 fully saturated rings. The Labute approximate surface area is 123 Å². The molecule has 2 unspecified atom stereocenters. The van der Waals surface area contributed by atoms with Crippen LogP contribution in [0.2, 0.25) is 0 Å². The molecule has 116 valence electrons. The molecule has 0 aromatic carbocycles. The number of hydrogen-bond donors (Lipinski definition) is 2. The molecule has 2 heterocycles. The number of hydrogen-bond acceptors (Lipinski definition) is 5. The van der Waals surface area contributed by atoms with Crippen molar-refractivity contribution in [1.82, 2.24) is 4.57 Å². The third-order valence-corrected chi connectivity index (χ3v) is 3.45. The number of amides is 1. The van der Waals surface area contributed by atoms with E-state index < -0.39 is 6.10 Å². The van der Waals surface area contributed by atoms with Crippen LogP contribution < -0.4 is 16.6 Å². The SMILES string of the molecule is COCCn1cc(NC(=O)C2CCC(CN)O2)ccc1=O. The molecule has 1 aromatic rings. The average Bonchev–Trinajstić information content (AvgIpc) is 2.97. The summed E-state index contributed by atoms with van der Waals surface area (Å²) in [4.78, 5) is 23.8. The summed E-state index contributed by atoms with van der Waals surface area (Å²) >= 11 is 0. The van der Waals surface area contributed by atoms with Gasteiger partial charge in [0, 0.05) is 32.5 Å². The van der Waals surface area contributed by atoms with Crippen molar-refractivity contribution in [3.63, 3.8) is 0 Å². The predicted octanol–water partition coefficient (Wildman–Crippen LogP) is -0.0605. The Morgan fingerprint density at radius 1 is 1.52 bits per heavy atom. The van der Waals surface area contributed by atoms with Crippen LogP contribution in [0.5, 0.6) is 0 Å². The summed E-state index contributed by atoms with van der Waals surface area (Å²) in [6.07, 6.45) is 2.54. The van der Waals surface area contributed by atoms with Crippen LogP contribution in [0.3, 0.4) is 0 Å². The molecule has 3 N–H and O–H groups in total. The lowest BCUT2D eigenvalue weighted by Crippen LogP contribution is -2.30. The Morgan fingerprint density at radius 3 is 3.00 bits per heavy atom. The van der Waals surface area contributed by atoms with Crippen molar-refractivity contribution in [2.24, 2.45) is 5.73 Å². The maximum atomic E-state index is 12.1.